The minimum Gasteiger partial charge on any atom is -0.508 e. The Labute approximate surface area is 313 Å². The molecule has 4 aromatic carbocycles. The van der Waals surface area contributed by atoms with Crippen LogP contribution in [0.5, 0.6) is 5.75 Å². The van der Waals surface area contributed by atoms with Crippen molar-refractivity contribution in [1.82, 2.24) is 35.3 Å². The second kappa shape index (κ2) is 16.4. The van der Waals surface area contributed by atoms with Crippen LogP contribution in [-0.4, -0.2) is 80.0 Å². The van der Waals surface area contributed by atoms with Crippen LogP contribution in [0.15, 0.2) is 132 Å². The Morgan fingerprint density at radius 3 is 2.41 bits per heavy atom. The van der Waals surface area contributed by atoms with Gasteiger partial charge in [0.15, 0.2) is 5.76 Å². The number of piperazine rings is 1. The Morgan fingerprint density at radius 2 is 1.63 bits per heavy atom. The van der Waals surface area contributed by atoms with E-state index in [2.05, 4.69) is 20.6 Å². The monoisotopic (exact) mass is 723 g/mol. The zero-order valence-electron chi connectivity index (χ0n) is 29.8. The molecular formula is C42H41N7O5. The number of rotatable bonds is 12. The molecule has 2 unspecified atom stereocenters. The number of fused-ring (bicyclic) bond motifs is 1. The van der Waals surface area contributed by atoms with Crippen molar-refractivity contribution in [1.29, 1.82) is 0 Å². The van der Waals surface area contributed by atoms with Gasteiger partial charge in [-0.1, -0.05) is 91.0 Å². The first-order valence-corrected chi connectivity index (χ1v) is 17.8. The van der Waals surface area contributed by atoms with Crippen molar-refractivity contribution >= 4 is 28.7 Å². The van der Waals surface area contributed by atoms with Crippen LogP contribution in [0.25, 0.3) is 22.2 Å². The molecule has 1 saturated heterocycles. The lowest BCUT2D eigenvalue weighted by molar-refractivity contribution is -0.161. The maximum atomic E-state index is 14.6. The minimum absolute atomic E-state index is 0.0722. The lowest BCUT2D eigenvalue weighted by Gasteiger charge is -2.49. The number of nitrogens with one attached hydrogen (secondary N) is 2. The van der Waals surface area contributed by atoms with E-state index in [4.69, 9.17) is 4.42 Å². The average Bonchev–Trinajstić information content (AvgIpc) is 3.68. The number of nitrogens with zero attached hydrogens (tertiary/aromatic N) is 5. The standard InChI is InChI=1S/C42H41N7O5/c1-47(42(53)46-23-30-10-4-2-5-11-30)39-28-48(27-32-14-8-16-35-34(32)15-9-21-44-35)41(52)36(22-29-17-19-33(50)20-18-29)49(39)40(51)26-43-25-38-45-24-37(54-38)31-12-6-3-7-13-31/h2-21,24,36,39,43,50H,22-23,25-28H2,1H3,(H,46,53). The quantitative estimate of drug-likeness (QED) is 0.154. The van der Waals surface area contributed by atoms with Crippen LogP contribution in [0.1, 0.15) is 22.6 Å². The molecule has 1 fully saturated rings. The lowest BCUT2D eigenvalue weighted by atomic mass is 9.98. The van der Waals surface area contributed by atoms with Gasteiger partial charge >= 0.3 is 6.03 Å². The largest absolute Gasteiger partial charge is 0.508 e. The van der Waals surface area contributed by atoms with Crippen molar-refractivity contribution in [3.8, 4) is 17.1 Å². The van der Waals surface area contributed by atoms with E-state index in [0.717, 1.165) is 33.2 Å². The molecule has 6 aromatic rings. The summed E-state index contributed by atoms with van der Waals surface area (Å²) in [6, 6.07) is 34.0. The highest BCUT2D eigenvalue weighted by Crippen LogP contribution is 2.27. The van der Waals surface area contributed by atoms with Crippen LogP contribution in [-0.2, 0) is 35.6 Å². The van der Waals surface area contributed by atoms with Crippen molar-refractivity contribution in [2.75, 3.05) is 20.1 Å². The molecule has 1 aliphatic rings. The highest BCUT2D eigenvalue weighted by molar-refractivity contribution is 5.91. The average molecular weight is 724 g/mol. The number of amides is 4. The fourth-order valence-electron chi connectivity index (χ4n) is 6.78. The number of carbonyl (C=O) groups is 3. The first-order valence-electron chi connectivity index (χ1n) is 17.8. The van der Waals surface area contributed by atoms with Gasteiger partial charge in [0.1, 0.15) is 18.0 Å². The Morgan fingerprint density at radius 1 is 0.870 bits per heavy atom. The number of phenolic OH excluding ortho intramolecular Hbond substituents is 1. The zero-order chi connectivity index (χ0) is 37.4. The van der Waals surface area contributed by atoms with E-state index in [-0.39, 0.29) is 56.7 Å². The molecule has 12 heteroatoms. The van der Waals surface area contributed by atoms with Gasteiger partial charge in [-0.3, -0.25) is 19.9 Å². The summed E-state index contributed by atoms with van der Waals surface area (Å²) in [4.78, 5) is 56.5. The molecule has 1 aliphatic heterocycles. The third kappa shape index (κ3) is 8.24. The Kier molecular flexibility index (Phi) is 10.9. The number of likely N-dealkylation sites (N-methyl/N-ethyl adjacent to an activating group) is 1. The number of benzene rings is 4. The SMILES string of the molecule is CN(C(=O)NCc1ccccc1)C1CN(Cc2cccc3ncccc23)C(=O)C(Cc2ccc(O)cc2)N1C(=O)CNCc1ncc(-c2ccccc2)o1. The summed E-state index contributed by atoms with van der Waals surface area (Å²) in [7, 11) is 1.64. The molecule has 0 bridgehead atoms. The van der Waals surface area contributed by atoms with Crippen molar-refractivity contribution < 1.29 is 23.9 Å². The lowest BCUT2D eigenvalue weighted by Crippen LogP contribution is -2.69. The molecule has 12 nitrogen and oxygen atoms in total. The predicted molar refractivity (Wildman–Crippen MR) is 203 cm³/mol. The van der Waals surface area contributed by atoms with E-state index in [0.29, 0.717) is 11.7 Å². The molecule has 2 atom stereocenters. The Bertz CT molecular complexity index is 2210. The number of carbonyl (C=O) groups excluding carboxylic acids is 3. The van der Waals surface area contributed by atoms with E-state index in [9.17, 15) is 19.5 Å². The fraction of sp³-hybridized carbons (Fsp3) is 0.214. The normalized spacial score (nSPS) is 15.7. The maximum absolute atomic E-state index is 14.6. The van der Waals surface area contributed by atoms with Gasteiger partial charge < -0.3 is 29.5 Å². The first kappa shape index (κ1) is 35.9. The van der Waals surface area contributed by atoms with Gasteiger partial charge in [0.2, 0.25) is 17.7 Å². The molecular weight excluding hydrogens is 683 g/mol. The van der Waals surface area contributed by atoms with E-state index < -0.39 is 18.2 Å². The number of pyridine rings is 1. The number of hydrogen-bond acceptors (Lipinski definition) is 8. The predicted octanol–water partition coefficient (Wildman–Crippen LogP) is 5.34. The topological polar surface area (TPSA) is 144 Å². The summed E-state index contributed by atoms with van der Waals surface area (Å²) in [5.74, 6) is 0.476. The summed E-state index contributed by atoms with van der Waals surface area (Å²) in [6.07, 6.45) is 2.71. The Hall–Kier alpha value is -6.53. The van der Waals surface area contributed by atoms with E-state index in [1.807, 2.05) is 91.0 Å². The molecule has 0 aliphatic carbocycles. The van der Waals surface area contributed by atoms with Crippen LogP contribution in [0.3, 0.4) is 0 Å². The van der Waals surface area contributed by atoms with Crippen LogP contribution < -0.4 is 10.6 Å². The molecule has 0 radical (unpaired) electrons. The van der Waals surface area contributed by atoms with Gasteiger partial charge in [-0.2, -0.15) is 0 Å². The van der Waals surface area contributed by atoms with Gasteiger partial charge in [0, 0.05) is 43.7 Å². The third-order valence-corrected chi connectivity index (χ3v) is 9.61. The summed E-state index contributed by atoms with van der Waals surface area (Å²) in [6.45, 7) is 0.631. The highest BCUT2D eigenvalue weighted by atomic mass is 16.4. The van der Waals surface area contributed by atoms with E-state index in [1.165, 1.54) is 9.80 Å². The highest BCUT2D eigenvalue weighted by Gasteiger charge is 2.45. The van der Waals surface area contributed by atoms with E-state index in [1.54, 1.807) is 48.6 Å². The summed E-state index contributed by atoms with van der Waals surface area (Å²) < 4.78 is 5.93. The van der Waals surface area contributed by atoms with Crippen molar-refractivity contribution in [2.45, 2.75) is 38.3 Å². The maximum Gasteiger partial charge on any atom is 0.319 e. The van der Waals surface area contributed by atoms with Gasteiger partial charge in [0.05, 0.1) is 31.3 Å². The van der Waals surface area contributed by atoms with Gasteiger partial charge in [-0.15, -0.1) is 0 Å². The minimum atomic E-state index is -0.966. The van der Waals surface area contributed by atoms with Crippen molar-refractivity contribution in [3.05, 3.63) is 150 Å². The van der Waals surface area contributed by atoms with Gasteiger partial charge in [-0.25, -0.2) is 9.78 Å². The molecule has 4 amide bonds. The summed E-state index contributed by atoms with van der Waals surface area (Å²) in [5.41, 5.74) is 4.26. The molecule has 274 valence electrons. The number of urea groups is 1. The molecule has 54 heavy (non-hydrogen) atoms. The van der Waals surface area contributed by atoms with Gasteiger partial charge in [-0.05, 0) is 41.0 Å². The first-order chi connectivity index (χ1) is 26.3. The van der Waals surface area contributed by atoms with Crippen LogP contribution in [0.4, 0.5) is 4.79 Å². The zero-order valence-corrected chi connectivity index (χ0v) is 29.8. The van der Waals surface area contributed by atoms with Crippen LogP contribution >= 0.6 is 0 Å². The summed E-state index contributed by atoms with van der Waals surface area (Å²) in [5, 5.41) is 17.0. The molecule has 3 N–H and O–H groups in total. The fourth-order valence-corrected chi connectivity index (χ4v) is 6.78. The number of aromatic hydroxyl groups is 1. The third-order valence-electron chi connectivity index (χ3n) is 9.61. The summed E-state index contributed by atoms with van der Waals surface area (Å²) >= 11 is 0. The number of hydrogen-bond donors (Lipinski definition) is 3. The second-order valence-corrected chi connectivity index (χ2v) is 13.2. The van der Waals surface area contributed by atoms with Gasteiger partial charge in [0.25, 0.3) is 0 Å². The van der Waals surface area contributed by atoms with Crippen molar-refractivity contribution in [2.24, 2.45) is 0 Å². The number of aromatic nitrogens is 2. The van der Waals surface area contributed by atoms with Crippen LogP contribution in [0, 0.1) is 0 Å². The number of oxazole rings is 1. The molecule has 3 heterocycles. The molecule has 7 rings (SSSR count). The van der Waals surface area contributed by atoms with E-state index >= 15 is 0 Å². The van der Waals surface area contributed by atoms with Crippen molar-refractivity contribution in [3.63, 3.8) is 0 Å². The molecule has 2 aromatic heterocycles. The molecule has 0 spiro atoms. The van der Waals surface area contributed by atoms with Crippen LogP contribution in [0.2, 0.25) is 0 Å². The second-order valence-electron chi connectivity index (χ2n) is 13.2. The Balaban J connectivity index is 1.18. The smallest absolute Gasteiger partial charge is 0.319 e. The molecule has 0 saturated carbocycles. The number of phenols is 1.